The Balaban J connectivity index is 0.000000671. The zero-order valence-corrected chi connectivity index (χ0v) is 8.86. The van der Waals surface area contributed by atoms with Crippen LogP contribution in [0.5, 0.6) is 0 Å². The first-order valence-electron chi connectivity index (χ1n) is 4.17. The first-order chi connectivity index (χ1) is 6.24. The van der Waals surface area contributed by atoms with Gasteiger partial charge in [0, 0.05) is 7.11 Å². The van der Waals surface area contributed by atoms with Gasteiger partial charge >= 0.3 is 0 Å². The second kappa shape index (κ2) is 6.87. The topological polar surface area (TPSA) is 9.23 Å². The van der Waals surface area contributed by atoms with Crippen LogP contribution in [0, 0.1) is 5.82 Å². The first-order valence-corrected chi connectivity index (χ1v) is 4.54. The summed E-state index contributed by atoms with van der Waals surface area (Å²) in [5, 5.41) is 0.138. The normalized spacial score (nSPS) is 9.00. The molecule has 0 amide bonds. The smallest absolute Gasteiger partial charge is 0.141 e. The van der Waals surface area contributed by atoms with Crippen LogP contribution in [0.3, 0.4) is 0 Å². The van der Waals surface area contributed by atoms with Gasteiger partial charge in [-0.3, -0.25) is 0 Å². The first kappa shape index (κ1) is 12.4. The molecule has 0 radical (unpaired) electrons. The lowest BCUT2D eigenvalue weighted by molar-refractivity contribution is 0.185. The lowest BCUT2D eigenvalue weighted by Crippen LogP contribution is -1.87. The minimum absolute atomic E-state index is 0.138. The van der Waals surface area contributed by atoms with Crippen LogP contribution < -0.4 is 0 Å². The minimum atomic E-state index is -0.397. The third-order valence-electron chi connectivity index (χ3n) is 1.30. The highest BCUT2D eigenvalue weighted by Crippen LogP contribution is 2.16. The van der Waals surface area contributed by atoms with Crippen LogP contribution in [-0.4, -0.2) is 7.11 Å². The number of methoxy groups -OCH3 is 1. The van der Waals surface area contributed by atoms with Gasteiger partial charge in [0.2, 0.25) is 0 Å². The van der Waals surface area contributed by atoms with Gasteiger partial charge in [-0.2, -0.15) is 0 Å². The zero-order chi connectivity index (χ0) is 10.3. The molecule has 0 heterocycles. The third-order valence-corrected chi connectivity index (χ3v) is 1.58. The number of hydrogen-bond acceptors (Lipinski definition) is 1. The number of ether oxygens (including phenoxy) is 1. The maximum absolute atomic E-state index is 12.6. The van der Waals surface area contributed by atoms with Crippen molar-refractivity contribution in [3.63, 3.8) is 0 Å². The van der Waals surface area contributed by atoms with Crippen molar-refractivity contribution < 1.29 is 9.13 Å². The predicted molar refractivity (Wildman–Crippen MR) is 53.5 cm³/mol. The molecule has 3 heteroatoms. The van der Waals surface area contributed by atoms with Gasteiger partial charge in [-0.15, -0.1) is 0 Å². The molecule has 74 valence electrons. The summed E-state index contributed by atoms with van der Waals surface area (Å²) in [4.78, 5) is 0. The molecule has 0 N–H and O–H groups in total. The van der Waals surface area contributed by atoms with E-state index in [1.807, 2.05) is 13.8 Å². The van der Waals surface area contributed by atoms with E-state index in [4.69, 9.17) is 16.3 Å². The van der Waals surface area contributed by atoms with Crippen LogP contribution >= 0.6 is 11.6 Å². The van der Waals surface area contributed by atoms with E-state index in [0.717, 1.165) is 5.56 Å². The molecule has 0 spiro atoms. The number of hydrogen-bond donors (Lipinski definition) is 0. The Hall–Kier alpha value is -0.600. The largest absolute Gasteiger partial charge is 0.380 e. The van der Waals surface area contributed by atoms with Crippen LogP contribution in [0.4, 0.5) is 4.39 Å². The van der Waals surface area contributed by atoms with Gasteiger partial charge in [0.1, 0.15) is 5.82 Å². The molecule has 1 aromatic carbocycles. The molecule has 13 heavy (non-hydrogen) atoms. The summed E-state index contributed by atoms with van der Waals surface area (Å²) in [6, 6.07) is 4.53. The highest BCUT2D eigenvalue weighted by Gasteiger charge is 1.99. The maximum Gasteiger partial charge on any atom is 0.141 e. The molecule has 1 nitrogen and oxygen atoms in total. The van der Waals surface area contributed by atoms with Crippen LogP contribution in [0.2, 0.25) is 5.02 Å². The number of benzene rings is 1. The van der Waals surface area contributed by atoms with Gasteiger partial charge < -0.3 is 4.74 Å². The second-order valence-corrected chi connectivity index (χ2v) is 2.59. The summed E-state index contributed by atoms with van der Waals surface area (Å²) < 4.78 is 17.4. The third kappa shape index (κ3) is 4.25. The molecule has 1 rings (SSSR count). The molecule has 1 aromatic rings. The molecular weight excluding hydrogens is 191 g/mol. The number of halogens is 2. The second-order valence-electron chi connectivity index (χ2n) is 2.18. The lowest BCUT2D eigenvalue weighted by atomic mass is 10.2. The molecule has 0 bridgehead atoms. The van der Waals surface area contributed by atoms with E-state index in [1.165, 1.54) is 6.07 Å². The van der Waals surface area contributed by atoms with E-state index in [2.05, 4.69) is 0 Å². The highest BCUT2D eigenvalue weighted by atomic mass is 35.5. The van der Waals surface area contributed by atoms with E-state index >= 15 is 0 Å². The predicted octanol–water partition coefficient (Wildman–Crippen LogP) is 3.65. The molecule has 0 atom stereocenters. The average Bonchev–Trinajstić information content (AvgIpc) is 2.15. The average molecular weight is 205 g/mol. The molecular formula is C10H14ClFO. The van der Waals surface area contributed by atoms with Gasteiger partial charge in [-0.1, -0.05) is 31.5 Å². The van der Waals surface area contributed by atoms with E-state index in [1.54, 1.807) is 19.2 Å². The summed E-state index contributed by atoms with van der Waals surface area (Å²) >= 11 is 5.52. The minimum Gasteiger partial charge on any atom is -0.380 e. The Kier molecular flexibility index (Phi) is 6.55. The quantitative estimate of drug-likeness (QED) is 0.715. The van der Waals surface area contributed by atoms with Crippen molar-refractivity contribution in [2.75, 3.05) is 7.11 Å². The Morgan fingerprint density at radius 3 is 2.46 bits per heavy atom. The summed E-state index contributed by atoms with van der Waals surface area (Å²) in [7, 11) is 1.58. The number of rotatable bonds is 2. The summed E-state index contributed by atoms with van der Waals surface area (Å²) in [6.07, 6.45) is 0. The van der Waals surface area contributed by atoms with Gasteiger partial charge in [0.05, 0.1) is 11.6 Å². The fourth-order valence-electron chi connectivity index (χ4n) is 0.796. The van der Waals surface area contributed by atoms with E-state index in [-0.39, 0.29) is 5.02 Å². The Morgan fingerprint density at radius 1 is 1.38 bits per heavy atom. The Labute approximate surface area is 83.5 Å². The van der Waals surface area contributed by atoms with E-state index < -0.39 is 5.82 Å². The fourth-order valence-corrected chi connectivity index (χ4v) is 0.999. The van der Waals surface area contributed by atoms with Crippen molar-refractivity contribution in [2.45, 2.75) is 20.5 Å². The Bertz CT molecular complexity index is 251. The lowest BCUT2D eigenvalue weighted by Gasteiger charge is -1.99. The van der Waals surface area contributed by atoms with Crippen LogP contribution in [0.15, 0.2) is 18.2 Å². The van der Waals surface area contributed by atoms with Gasteiger partial charge in [-0.05, 0) is 17.7 Å². The fraction of sp³-hybridized carbons (Fsp3) is 0.400. The van der Waals surface area contributed by atoms with Crippen LogP contribution in [0.25, 0.3) is 0 Å². The van der Waals surface area contributed by atoms with Gasteiger partial charge in [-0.25, -0.2) is 4.39 Å². The van der Waals surface area contributed by atoms with Crippen molar-refractivity contribution in [3.05, 3.63) is 34.6 Å². The molecule has 0 aliphatic carbocycles. The van der Waals surface area contributed by atoms with Crippen LogP contribution in [-0.2, 0) is 11.3 Å². The summed E-state index contributed by atoms with van der Waals surface area (Å²) in [6.45, 7) is 4.46. The monoisotopic (exact) mass is 204 g/mol. The molecule has 0 fully saturated rings. The van der Waals surface area contributed by atoms with Gasteiger partial charge in [0.15, 0.2) is 0 Å². The van der Waals surface area contributed by atoms with E-state index in [9.17, 15) is 4.39 Å². The standard InChI is InChI=1S/C8H8ClFO.C2H6/c1-11-5-6-2-3-8(10)7(9)4-6;1-2/h2-4H,5H2,1H3;1-2H3. The Morgan fingerprint density at radius 2 is 2.00 bits per heavy atom. The van der Waals surface area contributed by atoms with Crippen molar-refractivity contribution in [1.82, 2.24) is 0 Å². The highest BCUT2D eigenvalue weighted by molar-refractivity contribution is 6.30. The van der Waals surface area contributed by atoms with Gasteiger partial charge in [0.25, 0.3) is 0 Å². The van der Waals surface area contributed by atoms with Crippen molar-refractivity contribution in [2.24, 2.45) is 0 Å². The zero-order valence-electron chi connectivity index (χ0n) is 8.10. The van der Waals surface area contributed by atoms with Crippen LogP contribution in [0.1, 0.15) is 19.4 Å². The van der Waals surface area contributed by atoms with Crippen molar-refractivity contribution in [3.8, 4) is 0 Å². The molecule has 0 saturated heterocycles. The molecule has 0 aliphatic heterocycles. The summed E-state index contributed by atoms with van der Waals surface area (Å²) in [5.74, 6) is -0.397. The van der Waals surface area contributed by atoms with Crippen molar-refractivity contribution >= 4 is 11.6 Å². The molecule has 0 unspecified atom stereocenters. The molecule has 0 saturated carbocycles. The van der Waals surface area contributed by atoms with Crippen molar-refractivity contribution in [1.29, 1.82) is 0 Å². The van der Waals surface area contributed by atoms with E-state index in [0.29, 0.717) is 6.61 Å². The molecule has 0 aliphatic rings. The maximum atomic E-state index is 12.6. The molecule has 0 aromatic heterocycles. The SMILES string of the molecule is CC.COCc1ccc(F)c(Cl)c1. The summed E-state index contributed by atoms with van der Waals surface area (Å²) in [5.41, 5.74) is 0.874.